The van der Waals surface area contributed by atoms with Crippen LogP contribution in [0.15, 0.2) is 36.5 Å². The molecule has 0 radical (unpaired) electrons. The van der Waals surface area contributed by atoms with Crippen LogP contribution in [0, 0.1) is 12.8 Å². The van der Waals surface area contributed by atoms with Gasteiger partial charge >= 0.3 is 0 Å². The van der Waals surface area contributed by atoms with Gasteiger partial charge in [-0.05, 0) is 51.5 Å². The molecule has 1 aromatic carbocycles. The van der Waals surface area contributed by atoms with Gasteiger partial charge in [-0.1, -0.05) is 30.3 Å². The summed E-state index contributed by atoms with van der Waals surface area (Å²) < 4.78 is 3.95. The Labute approximate surface area is 172 Å². The van der Waals surface area contributed by atoms with Gasteiger partial charge in [-0.2, -0.15) is 10.2 Å². The van der Waals surface area contributed by atoms with Gasteiger partial charge in [0.2, 0.25) is 5.91 Å². The van der Waals surface area contributed by atoms with Crippen LogP contribution in [0.1, 0.15) is 50.4 Å². The van der Waals surface area contributed by atoms with E-state index in [1.165, 1.54) is 5.56 Å². The quantitative estimate of drug-likeness (QED) is 0.636. The van der Waals surface area contributed by atoms with Crippen molar-refractivity contribution in [3.8, 4) is 0 Å². The van der Waals surface area contributed by atoms with E-state index in [4.69, 9.17) is 0 Å². The molecule has 3 heterocycles. The Hall–Kier alpha value is -2.63. The highest BCUT2D eigenvalue weighted by atomic mass is 16.2. The van der Waals surface area contributed by atoms with Crippen molar-refractivity contribution in [1.82, 2.24) is 24.5 Å². The lowest BCUT2D eigenvalue weighted by Crippen LogP contribution is -2.39. The van der Waals surface area contributed by atoms with E-state index in [1.54, 1.807) is 0 Å². The number of piperidine rings is 1. The fourth-order valence-corrected chi connectivity index (χ4v) is 4.43. The highest BCUT2D eigenvalue weighted by Crippen LogP contribution is 2.23. The van der Waals surface area contributed by atoms with E-state index in [0.717, 1.165) is 49.1 Å². The SMILES string of the molecule is Cc1nn(C(C)C)c2cnn(CCC(=O)N3CCC(Cc4ccccc4)CC3)c12. The van der Waals surface area contributed by atoms with Crippen LogP contribution in [0.4, 0.5) is 0 Å². The van der Waals surface area contributed by atoms with Crippen LogP contribution in [0.25, 0.3) is 11.0 Å². The van der Waals surface area contributed by atoms with E-state index in [2.05, 4.69) is 54.4 Å². The first kappa shape index (κ1) is 19.7. The van der Waals surface area contributed by atoms with Gasteiger partial charge in [0.15, 0.2) is 0 Å². The monoisotopic (exact) mass is 393 g/mol. The molecule has 1 amide bonds. The zero-order chi connectivity index (χ0) is 20.4. The largest absolute Gasteiger partial charge is 0.343 e. The van der Waals surface area contributed by atoms with Crippen LogP contribution >= 0.6 is 0 Å². The number of hydrogen-bond acceptors (Lipinski definition) is 3. The summed E-state index contributed by atoms with van der Waals surface area (Å²) in [5, 5.41) is 9.15. The van der Waals surface area contributed by atoms with E-state index in [-0.39, 0.29) is 5.91 Å². The first-order valence-corrected chi connectivity index (χ1v) is 10.7. The second kappa shape index (κ2) is 8.39. The van der Waals surface area contributed by atoms with Gasteiger partial charge in [0, 0.05) is 25.6 Å². The van der Waals surface area contributed by atoms with E-state index >= 15 is 0 Å². The molecule has 4 rings (SSSR count). The Morgan fingerprint density at radius 3 is 2.59 bits per heavy atom. The number of nitrogens with zero attached hydrogens (tertiary/aromatic N) is 5. The molecule has 2 aromatic heterocycles. The van der Waals surface area contributed by atoms with Crippen molar-refractivity contribution in [1.29, 1.82) is 0 Å². The summed E-state index contributed by atoms with van der Waals surface area (Å²) in [6.45, 7) is 8.60. The average Bonchev–Trinajstić information content (AvgIpc) is 3.29. The third-order valence-corrected chi connectivity index (χ3v) is 6.03. The minimum Gasteiger partial charge on any atom is -0.343 e. The first-order valence-electron chi connectivity index (χ1n) is 10.7. The molecular formula is C23H31N5O. The van der Waals surface area contributed by atoms with Crippen molar-refractivity contribution in [2.45, 2.75) is 59.0 Å². The Kier molecular flexibility index (Phi) is 5.69. The molecule has 6 heteroatoms. The maximum atomic E-state index is 12.8. The third kappa shape index (κ3) is 4.21. The molecule has 154 valence electrons. The van der Waals surface area contributed by atoms with Crippen LogP contribution in [-0.2, 0) is 17.8 Å². The molecule has 1 aliphatic rings. The standard InChI is InChI=1S/C23H31N5O/c1-17(2)28-21-16-24-27(23(21)18(3)25-28)14-11-22(29)26-12-9-20(10-13-26)15-19-7-5-4-6-8-19/h4-8,16-17,20H,9-15H2,1-3H3. The number of aromatic nitrogens is 4. The Balaban J connectivity index is 1.31. The first-order chi connectivity index (χ1) is 14.0. The summed E-state index contributed by atoms with van der Waals surface area (Å²) in [7, 11) is 0. The summed E-state index contributed by atoms with van der Waals surface area (Å²) in [6, 6.07) is 11.0. The zero-order valence-corrected chi connectivity index (χ0v) is 17.7. The van der Waals surface area contributed by atoms with E-state index in [1.807, 2.05) is 27.4 Å². The summed E-state index contributed by atoms with van der Waals surface area (Å²) in [6.07, 6.45) is 5.66. The number of rotatable bonds is 6. The lowest BCUT2D eigenvalue weighted by atomic mass is 9.90. The summed E-state index contributed by atoms with van der Waals surface area (Å²) >= 11 is 0. The van der Waals surface area contributed by atoms with Crippen LogP contribution in [-0.4, -0.2) is 43.5 Å². The number of benzene rings is 1. The predicted molar refractivity (Wildman–Crippen MR) is 115 cm³/mol. The van der Waals surface area contributed by atoms with E-state index in [9.17, 15) is 4.79 Å². The summed E-state index contributed by atoms with van der Waals surface area (Å²) in [5.41, 5.74) is 4.47. The molecule has 0 atom stereocenters. The molecule has 0 bridgehead atoms. The number of aryl methyl sites for hydroxylation is 2. The van der Waals surface area contributed by atoms with Crippen LogP contribution in [0.2, 0.25) is 0 Å². The van der Waals surface area contributed by atoms with E-state index in [0.29, 0.717) is 24.9 Å². The lowest BCUT2D eigenvalue weighted by molar-refractivity contribution is -0.132. The van der Waals surface area contributed by atoms with Crippen LogP contribution in [0.3, 0.4) is 0 Å². The van der Waals surface area contributed by atoms with Crippen molar-refractivity contribution >= 4 is 16.9 Å². The van der Waals surface area contributed by atoms with Crippen molar-refractivity contribution < 1.29 is 4.79 Å². The maximum Gasteiger partial charge on any atom is 0.224 e. The van der Waals surface area contributed by atoms with Crippen molar-refractivity contribution in [3.63, 3.8) is 0 Å². The number of carbonyl (C=O) groups is 1. The molecule has 0 saturated carbocycles. The minimum absolute atomic E-state index is 0.237. The normalized spacial score (nSPS) is 15.5. The van der Waals surface area contributed by atoms with Crippen molar-refractivity contribution in [2.75, 3.05) is 13.1 Å². The molecule has 1 aliphatic heterocycles. The topological polar surface area (TPSA) is 56.0 Å². The molecule has 1 fully saturated rings. The smallest absolute Gasteiger partial charge is 0.224 e. The average molecular weight is 394 g/mol. The molecule has 3 aromatic rings. The Bertz CT molecular complexity index is 964. The molecule has 1 saturated heterocycles. The highest BCUT2D eigenvalue weighted by molar-refractivity contribution is 5.79. The number of likely N-dealkylation sites (tertiary alicyclic amines) is 1. The van der Waals surface area contributed by atoms with Gasteiger partial charge < -0.3 is 4.90 Å². The van der Waals surface area contributed by atoms with Gasteiger partial charge in [0.25, 0.3) is 0 Å². The Morgan fingerprint density at radius 1 is 1.17 bits per heavy atom. The molecule has 0 spiro atoms. The number of fused-ring (bicyclic) bond motifs is 1. The fourth-order valence-electron chi connectivity index (χ4n) is 4.43. The minimum atomic E-state index is 0.237. The highest BCUT2D eigenvalue weighted by Gasteiger charge is 2.23. The fraction of sp³-hybridized carbons (Fsp3) is 0.522. The number of carbonyl (C=O) groups excluding carboxylic acids is 1. The molecule has 0 N–H and O–H groups in total. The number of hydrogen-bond donors (Lipinski definition) is 0. The third-order valence-electron chi connectivity index (χ3n) is 6.03. The number of amides is 1. The van der Waals surface area contributed by atoms with E-state index < -0.39 is 0 Å². The summed E-state index contributed by atoms with van der Waals surface area (Å²) in [5.74, 6) is 0.914. The summed E-state index contributed by atoms with van der Waals surface area (Å²) in [4.78, 5) is 14.8. The van der Waals surface area contributed by atoms with Gasteiger partial charge in [0.05, 0.1) is 18.4 Å². The zero-order valence-electron chi connectivity index (χ0n) is 17.7. The van der Waals surface area contributed by atoms with Gasteiger partial charge in [-0.25, -0.2) is 0 Å². The predicted octanol–water partition coefficient (Wildman–Crippen LogP) is 3.99. The molecule has 0 aliphatic carbocycles. The van der Waals surface area contributed by atoms with Crippen molar-refractivity contribution in [2.24, 2.45) is 5.92 Å². The van der Waals surface area contributed by atoms with Crippen LogP contribution < -0.4 is 0 Å². The maximum absolute atomic E-state index is 12.8. The molecule has 6 nitrogen and oxygen atoms in total. The van der Waals surface area contributed by atoms with Crippen LogP contribution in [0.5, 0.6) is 0 Å². The van der Waals surface area contributed by atoms with Gasteiger partial charge in [-0.15, -0.1) is 0 Å². The molecular weight excluding hydrogens is 362 g/mol. The van der Waals surface area contributed by atoms with Gasteiger partial charge in [0.1, 0.15) is 11.0 Å². The second-order valence-corrected chi connectivity index (χ2v) is 8.49. The Morgan fingerprint density at radius 2 is 1.90 bits per heavy atom. The molecule has 29 heavy (non-hydrogen) atoms. The second-order valence-electron chi connectivity index (χ2n) is 8.49. The lowest BCUT2D eigenvalue weighted by Gasteiger charge is -2.32. The van der Waals surface area contributed by atoms with Crippen molar-refractivity contribution in [3.05, 3.63) is 47.8 Å². The van der Waals surface area contributed by atoms with Gasteiger partial charge in [-0.3, -0.25) is 14.2 Å². The molecule has 0 unspecified atom stereocenters.